The van der Waals surface area contributed by atoms with E-state index in [-0.39, 0.29) is 0 Å². The predicted octanol–water partition coefficient (Wildman–Crippen LogP) is 3.59. The third-order valence-electron chi connectivity index (χ3n) is 1.88. The summed E-state index contributed by atoms with van der Waals surface area (Å²) in [6.45, 7) is 5.45. The van der Waals surface area contributed by atoms with E-state index in [0.29, 0.717) is 4.88 Å². The van der Waals surface area contributed by atoms with Gasteiger partial charge in [0.05, 0.1) is 0 Å². The van der Waals surface area contributed by atoms with E-state index in [0.717, 1.165) is 11.1 Å². The molecular formula is C12H12O2S. The number of hydrogen-bond donors (Lipinski definition) is 1. The zero-order chi connectivity index (χ0) is 11.3. The van der Waals surface area contributed by atoms with E-state index >= 15 is 0 Å². The van der Waals surface area contributed by atoms with Gasteiger partial charge < -0.3 is 5.11 Å². The summed E-state index contributed by atoms with van der Waals surface area (Å²) in [5.41, 5.74) is 1.72. The van der Waals surface area contributed by atoms with Gasteiger partial charge in [-0.1, -0.05) is 30.9 Å². The van der Waals surface area contributed by atoms with Gasteiger partial charge in [-0.05, 0) is 23.9 Å². The normalized spacial score (nSPS) is 11.9. The van der Waals surface area contributed by atoms with Crippen LogP contribution in [0.15, 0.2) is 42.3 Å². The fraction of sp³-hybridized carbons (Fsp3) is 0.0833. The van der Waals surface area contributed by atoms with Gasteiger partial charge in [-0.25, -0.2) is 4.79 Å². The first kappa shape index (κ1) is 11.5. The van der Waals surface area contributed by atoms with Crippen LogP contribution < -0.4 is 0 Å². The summed E-state index contributed by atoms with van der Waals surface area (Å²) >= 11 is 1.24. The molecule has 1 rings (SSSR count). The van der Waals surface area contributed by atoms with Crippen LogP contribution >= 0.6 is 11.3 Å². The Bertz CT molecular complexity index is 425. The minimum Gasteiger partial charge on any atom is -0.477 e. The Hall–Kier alpha value is -1.61. The highest BCUT2D eigenvalue weighted by Crippen LogP contribution is 2.24. The molecule has 0 bridgehead atoms. The molecule has 0 aliphatic rings. The third-order valence-corrected chi connectivity index (χ3v) is 2.78. The number of aromatic carboxylic acids is 1. The molecule has 2 nitrogen and oxygen atoms in total. The highest BCUT2D eigenvalue weighted by molar-refractivity contribution is 7.12. The van der Waals surface area contributed by atoms with Gasteiger partial charge in [0.2, 0.25) is 0 Å². The van der Waals surface area contributed by atoms with Gasteiger partial charge in [0, 0.05) is 5.56 Å². The molecule has 0 spiro atoms. The third kappa shape index (κ3) is 2.92. The van der Waals surface area contributed by atoms with Gasteiger partial charge in [-0.3, -0.25) is 0 Å². The quantitative estimate of drug-likeness (QED) is 0.787. The average molecular weight is 220 g/mol. The van der Waals surface area contributed by atoms with Crippen LogP contribution in [0.2, 0.25) is 0 Å². The second kappa shape index (κ2) is 5.32. The largest absolute Gasteiger partial charge is 0.477 e. The van der Waals surface area contributed by atoms with Crippen LogP contribution in [-0.4, -0.2) is 11.1 Å². The number of hydrogen-bond acceptors (Lipinski definition) is 2. The summed E-state index contributed by atoms with van der Waals surface area (Å²) in [6.07, 6.45) is 7.19. The van der Waals surface area contributed by atoms with Crippen LogP contribution in [0.4, 0.5) is 0 Å². The van der Waals surface area contributed by atoms with Crippen molar-refractivity contribution in [3.63, 3.8) is 0 Å². The van der Waals surface area contributed by atoms with Crippen molar-refractivity contribution in [3.05, 3.63) is 52.8 Å². The van der Waals surface area contributed by atoms with Crippen molar-refractivity contribution < 1.29 is 9.90 Å². The van der Waals surface area contributed by atoms with Gasteiger partial charge in [0.1, 0.15) is 4.88 Å². The molecule has 0 unspecified atom stereocenters. The fourth-order valence-electron chi connectivity index (χ4n) is 1.15. The molecule has 0 atom stereocenters. The maximum absolute atomic E-state index is 10.9. The van der Waals surface area contributed by atoms with Crippen molar-refractivity contribution in [3.8, 4) is 0 Å². The number of thiophene rings is 1. The van der Waals surface area contributed by atoms with E-state index in [4.69, 9.17) is 5.11 Å². The first-order valence-corrected chi connectivity index (χ1v) is 5.32. The van der Waals surface area contributed by atoms with E-state index in [1.165, 1.54) is 11.3 Å². The second-order valence-corrected chi connectivity index (χ2v) is 3.85. The lowest BCUT2D eigenvalue weighted by Gasteiger charge is -1.98. The Kier molecular flexibility index (Phi) is 4.06. The minimum atomic E-state index is -0.875. The van der Waals surface area contributed by atoms with Crippen LogP contribution in [-0.2, 0) is 0 Å². The SMILES string of the molecule is C=CC=CC=C(C)c1ccsc1C(=O)O. The van der Waals surface area contributed by atoms with Gasteiger partial charge in [0.15, 0.2) is 0 Å². The lowest BCUT2D eigenvalue weighted by Crippen LogP contribution is -1.95. The molecule has 0 aliphatic carbocycles. The number of carboxylic acids is 1. The number of carbonyl (C=O) groups is 1. The highest BCUT2D eigenvalue weighted by atomic mass is 32.1. The molecule has 0 saturated carbocycles. The average Bonchev–Trinajstić information content (AvgIpc) is 2.66. The maximum Gasteiger partial charge on any atom is 0.346 e. The summed E-state index contributed by atoms with van der Waals surface area (Å²) in [5, 5.41) is 10.7. The molecule has 1 heterocycles. The van der Waals surface area contributed by atoms with Crippen molar-refractivity contribution >= 4 is 22.9 Å². The molecule has 0 saturated heterocycles. The minimum absolute atomic E-state index is 0.385. The van der Waals surface area contributed by atoms with E-state index in [1.54, 1.807) is 17.5 Å². The monoisotopic (exact) mass is 220 g/mol. The standard InChI is InChI=1S/C12H12O2S/c1-3-4-5-6-9(2)10-7-8-15-11(10)12(13)14/h3-8H,1H2,2H3,(H,13,14). The van der Waals surface area contributed by atoms with Crippen LogP contribution in [0.3, 0.4) is 0 Å². The van der Waals surface area contributed by atoms with Crippen LogP contribution in [0.1, 0.15) is 22.2 Å². The first-order valence-electron chi connectivity index (χ1n) is 4.44. The van der Waals surface area contributed by atoms with E-state index in [2.05, 4.69) is 6.58 Å². The summed E-state index contributed by atoms with van der Waals surface area (Å²) in [7, 11) is 0. The Morgan fingerprint density at radius 1 is 1.53 bits per heavy atom. The molecule has 0 aromatic carbocycles. The van der Waals surface area contributed by atoms with Gasteiger partial charge in [0.25, 0.3) is 0 Å². The highest BCUT2D eigenvalue weighted by Gasteiger charge is 2.11. The summed E-state index contributed by atoms with van der Waals surface area (Å²) in [4.78, 5) is 11.3. The van der Waals surface area contributed by atoms with Gasteiger partial charge >= 0.3 is 5.97 Å². The Morgan fingerprint density at radius 2 is 2.27 bits per heavy atom. The molecule has 15 heavy (non-hydrogen) atoms. The van der Waals surface area contributed by atoms with Gasteiger partial charge in [-0.15, -0.1) is 11.3 Å². The van der Waals surface area contributed by atoms with Crippen LogP contribution in [0, 0.1) is 0 Å². The molecule has 0 fully saturated rings. The van der Waals surface area contributed by atoms with Crippen LogP contribution in [0.25, 0.3) is 5.57 Å². The van der Waals surface area contributed by atoms with E-state index in [1.807, 2.05) is 25.1 Å². The molecule has 0 radical (unpaired) electrons. The van der Waals surface area contributed by atoms with Crippen molar-refractivity contribution in [1.29, 1.82) is 0 Å². The Balaban J connectivity index is 3.00. The number of rotatable bonds is 4. The molecule has 0 amide bonds. The Labute approximate surface area is 92.9 Å². The molecule has 1 aromatic rings. The number of allylic oxidation sites excluding steroid dienone is 5. The van der Waals surface area contributed by atoms with Crippen molar-refractivity contribution in [1.82, 2.24) is 0 Å². The molecule has 78 valence electrons. The smallest absolute Gasteiger partial charge is 0.346 e. The lowest BCUT2D eigenvalue weighted by atomic mass is 10.1. The van der Waals surface area contributed by atoms with Gasteiger partial charge in [-0.2, -0.15) is 0 Å². The molecule has 1 aromatic heterocycles. The van der Waals surface area contributed by atoms with Crippen molar-refractivity contribution in [2.24, 2.45) is 0 Å². The fourth-order valence-corrected chi connectivity index (χ4v) is 1.95. The molecule has 1 N–H and O–H groups in total. The maximum atomic E-state index is 10.9. The first-order chi connectivity index (χ1) is 7.16. The summed E-state index contributed by atoms with van der Waals surface area (Å²) in [5.74, 6) is -0.875. The summed E-state index contributed by atoms with van der Waals surface area (Å²) in [6, 6.07) is 1.82. The van der Waals surface area contributed by atoms with E-state index in [9.17, 15) is 4.79 Å². The Morgan fingerprint density at radius 3 is 2.87 bits per heavy atom. The zero-order valence-electron chi connectivity index (χ0n) is 8.43. The molecule has 3 heteroatoms. The predicted molar refractivity (Wildman–Crippen MR) is 64.3 cm³/mol. The lowest BCUT2D eigenvalue weighted by molar-refractivity contribution is 0.0702. The van der Waals surface area contributed by atoms with Crippen molar-refractivity contribution in [2.75, 3.05) is 0 Å². The molecule has 0 aliphatic heterocycles. The van der Waals surface area contributed by atoms with Crippen LogP contribution in [0.5, 0.6) is 0 Å². The zero-order valence-corrected chi connectivity index (χ0v) is 9.25. The second-order valence-electron chi connectivity index (χ2n) is 2.94. The molecular weight excluding hydrogens is 208 g/mol. The summed E-state index contributed by atoms with van der Waals surface area (Å²) < 4.78 is 0. The van der Waals surface area contributed by atoms with E-state index < -0.39 is 5.97 Å². The van der Waals surface area contributed by atoms with Crippen molar-refractivity contribution in [2.45, 2.75) is 6.92 Å². The number of carboxylic acid groups (broad SMARTS) is 1. The topological polar surface area (TPSA) is 37.3 Å².